The van der Waals surface area contributed by atoms with Gasteiger partial charge in [0.05, 0.1) is 4.34 Å². The van der Waals surface area contributed by atoms with Crippen molar-refractivity contribution in [2.24, 2.45) is 5.92 Å². The van der Waals surface area contributed by atoms with Crippen molar-refractivity contribution < 1.29 is 0 Å². The molecule has 0 aromatic carbocycles. The summed E-state index contributed by atoms with van der Waals surface area (Å²) in [5.41, 5.74) is 0. The number of nitrogens with one attached hydrogen (secondary N) is 1. The predicted molar refractivity (Wildman–Crippen MR) is 87.3 cm³/mol. The van der Waals surface area contributed by atoms with Gasteiger partial charge in [0, 0.05) is 16.7 Å². The fraction of sp³-hybridized carbons (Fsp3) is 0.714. The summed E-state index contributed by atoms with van der Waals surface area (Å²) in [6.45, 7) is 7.88. The average molecular weight is 306 g/mol. The minimum Gasteiger partial charge on any atom is -0.313 e. The van der Waals surface area contributed by atoms with E-state index in [9.17, 15) is 0 Å². The van der Waals surface area contributed by atoms with Crippen LogP contribution in [0.4, 0.5) is 0 Å². The van der Waals surface area contributed by atoms with Crippen molar-refractivity contribution >= 4 is 34.7 Å². The molecule has 0 amide bonds. The van der Waals surface area contributed by atoms with E-state index in [0.717, 1.165) is 23.2 Å². The van der Waals surface area contributed by atoms with Crippen LogP contribution in [0.1, 0.15) is 32.1 Å². The maximum atomic E-state index is 5.99. The highest BCUT2D eigenvalue weighted by atomic mass is 35.5. The lowest BCUT2D eigenvalue weighted by molar-refractivity contribution is 0.552. The summed E-state index contributed by atoms with van der Waals surface area (Å²) in [7, 11) is 0. The average Bonchev–Trinajstić information content (AvgIpc) is 2.71. The standard InChI is InChI=1S/C14H24ClNS2/c1-4-7-16-12(10-17-9-11(2)3)8-13-5-6-14(15)18-13/h5-6,11-12,16H,4,7-10H2,1-3H3. The molecule has 0 saturated carbocycles. The van der Waals surface area contributed by atoms with Crippen LogP contribution in [0.3, 0.4) is 0 Å². The van der Waals surface area contributed by atoms with E-state index in [1.165, 1.54) is 22.8 Å². The van der Waals surface area contributed by atoms with Crippen molar-refractivity contribution in [3.8, 4) is 0 Å². The van der Waals surface area contributed by atoms with Crippen LogP contribution in [-0.4, -0.2) is 24.1 Å². The number of thiophene rings is 1. The number of thioether (sulfide) groups is 1. The molecule has 4 heteroatoms. The zero-order valence-corrected chi connectivity index (χ0v) is 13.9. The van der Waals surface area contributed by atoms with Crippen LogP contribution in [0, 0.1) is 5.92 Å². The zero-order chi connectivity index (χ0) is 13.4. The smallest absolute Gasteiger partial charge is 0.0931 e. The first kappa shape index (κ1) is 16.4. The fourth-order valence-electron chi connectivity index (χ4n) is 1.69. The molecule has 0 aliphatic rings. The predicted octanol–water partition coefficient (Wildman–Crippen LogP) is 4.70. The molecule has 1 nitrogen and oxygen atoms in total. The first-order valence-electron chi connectivity index (χ1n) is 6.67. The molecule has 1 unspecified atom stereocenters. The third-order valence-electron chi connectivity index (χ3n) is 2.53. The molecule has 0 aliphatic carbocycles. The van der Waals surface area contributed by atoms with Gasteiger partial charge in [-0.05, 0) is 43.2 Å². The Morgan fingerprint density at radius 1 is 1.33 bits per heavy atom. The van der Waals surface area contributed by atoms with Crippen molar-refractivity contribution in [3.63, 3.8) is 0 Å². The summed E-state index contributed by atoms with van der Waals surface area (Å²) in [6.07, 6.45) is 2.29. The quantitative estimate of drug-likeness (QED) is 0.709. The summed E-state index contributed by atoms with van der Waals surface area (Å²) < 4.78 is 0.897. The van der Waals surface area contributed by atoms with Crippen LogP contribution in [0.2, 0.25) is 4.34 Å². The van der Waals surface area contributed by atoms with Crippen molar-refractivity contribution in [2.75, 3.05) is 18.1 Å². The molecule has 1 atom stereocenters. The van der Waals surface area contributed by atoms with Gasteiger partial charge in [0.25, 0.3) is 0 Å². The van der Waals surface area contributed by atoms with E-state index in [4.69, 9.17) is 11.6 Å². The fourth-order valence-corrected chi connectivity index (χ4v) is 3.98. The Morgan fingerprint density at radius 2 is 2.11 bits per heavy atom. The third-order valence-corrected chi connectivity index (χ3v) is 5.32. The molecule has 1 aromatic rings. The van der Waals surface area contributed by atoms with Crippen LogP contribution in [0.5, 0.6) is 0 Å². The molecule has 0 radical (unpaired) electrons. The van der Waals surface area contributed by atoms with Gasteiger partial charge in [0.15, 0.2) is 0 Å². The van der Waals surface area contributed by atoms with E-state index < -0.39 is 0 Å². The lowest BCUT2D eigenvalue weighted by Crippen LogP contribution is -2.34. The lowest BCUT2D eigenvalue weighted by atomic mass is 10.2. The van der Waals surface area contributed by atoms with Crippen LogP contribution in [0.25, 0.3) is 0 Å². The Bertz CT molecular complexity index is 325. The van der Waals surface area contributed by atoms with E-state index in [1.54, 1.807) is 11.3 Å². The highest BCUT2D eigenvalue weighted by molar-refractivity contribution is 7.99. The van der Waals surface area contributed by atoms with Gasteiger partial charge in [-0.25, -0.2) is 0 Å². The molecule has 18 heavy (non-hydrogen) atoms. The first-order valence-corrected chi connectivity index (χ1v) is 9.02. The van der Waals surface area contributed by atoms with Gasteiger partial charge in [0.1, 0.15) is 0 Å². The summed E-state index contributed by atoms with van der Waals surface area (Å²) in [6, 6.07) is 4.73. The highest BCUT2D eigenvalue weighted by Crippen LogP contribution is 2.23. The van der Waals surface area contributed by atoms with Crippen LogP contribution in [0.15, 0.2) is 12.1 Å². The summed E-state index contributed by atoms with van der Waals surface area (Å²) in [5, 5.41) is 3.64. The Morgan fingerprint density at radius 3 is 2.67 bits per heavy atom. The Balaban J connectivity index is 2.39. The van der Waals surface area contributed by atoms with Gasteiger partial charge in [-0.1, -0.05) is 32.4 Å². The monoisotopic (exact) mass is 305 g/mol. The number of hydrogen-bond acceptors (Lipinski definition) is 3. The van der Waals surface area contributed by atoms with E-state index in [0.29, 0.717) is 6.04 Å². The van der Waals surface area contributed by atoms with Crippen molar-refractivity contribution in [1.82, 2.24) is 5.32 Å². The van der Waals surface area contributed by atoms with Crippen molar-refractivity contribution in [1.29, 1.82) is 0 Å². The third kappa shape index (κ3) is 7.03. The Hall–Kier alpha value is 0.300. The summed E-state index contributed by atoms with van der Waals surface area (Å²) in [5.74, 6) is 3.21. The zero-order valence-electron chi connectivity index (χ0n) is 11.5. The largest absolute Gasteiger partial charge is 0.313 e. The van der Waals surface area contributed by atoms with E-state index >= 15 is 0 Å². The molecular weight excluding hydrogens is 282 g/mol. The minimum absolute atomic E-state index is 0.573. The second-order valence-corrected chi connectivity index (χ2v) is 7.87. The van der Waals surface area contributed by atoms with Crippen LogP contribution >= 0.6 is 34.7 Å². The van der Waals surface area contributed by atoms with Gasteiger partial charge in [0.2, 0.25) is 0 Å². The highest BCUT2D eigenvalue weighted by Gasteiger charge is 2.11. The first-order chi connectivity index (χ1) is 8.61. The molecule has 0 saturated heterocycles. The van der Waals surface area contributed by atoms with Crippen molar-refractivity contribution in [3.05, 3.63) is 21.3 Å². The number of halogens is 1. The molecular formula is C14H24ClNS2. The summed E-state index contributed by atoms with van der Waals surface area (Å²) in [4.78, 5) is 1.39. The van der Waals surface area contributed by atoms with Gasteiger partial charge < -0.3 is 5.32 Å². The SMILES string of the molecule is CCCNC(CSCC(C)C)Cc1ccc(Cl)s1. The lowest BCUT2D eigenvalue weighted by Gasteiger charge is -2.18. The van der Waals surface area contributed by atoms with Crippen LogP contribution in [-0.2, 0) is 6.42 Å². The maximum Gasteiger partial charge on any atom is 0.0931 e. The van der Waals surface area contributed by atoms with Crippen LogP contribution < -0.4 is 5.32 Å². The molecule has 104 valence electrons. The molecule has 0 spiro atoms. The normalized spacial score (nSPS) is 13.2. The van der Waals surface area contributed by atoms with Gasteiger partial charge in [-0.15, -0.1) is 11.3 Å². The molecule has 1 rings (SSSR count). The molecule has 1 aromatic heterocycles. The van der Waals surface area contributed by atoms with Gasteiger partial charge in [-0.2, -0.15) is 11.8 Å². The van der Waals surface area contributed by atoms with E-state index in [-0.39, 0.29) is 0 Å². The summed E-state index contributed by atoms with van der Waals surface area (Å²) >= 11 is 9.75. The van der Waals surface area contributed by atoms with Gasteiger partial charge >= 0.3 is 0 Å². The minimum atomic E-state index is 0.573. The van der Waals surface area contributed by atoms with E-state index in [2.05, 4.69) is 43.9 Å². The topological polar surface area (TPSA) is 12.0 Å². The Kier molecular flexibility index (Phi) is 8.40. The Labute approximate surface area is 125 Å². The maximum absolute atomic E-state index is 5.99. The second kappa shape index (κ2) is 9.24. The number of hydrogen-bond donors (Lipinski definition) is 1. The second-order valence-electron chi connectivity index (χ2n) is 4.99. The molecule has 1 heterocycles. The van der Waals surface area contributed by atoms with Crippen molar-refractivity contribution in [2.45, 2.75) is 39.7 Å². The number of rotatable bonds is 9. The van der Waals surface area contributed by atoms with Gasteiger partial charge in [-0.3, -0.25) is 0 Å². The molecule has 0 fully saturated rings. The molecule has 1 N–H and O–H groups in total. The molecule has 0 aliphatic heterocycles. The van der Waals surface area contributed by atoms with E-state index in [1.807, 2.05) is 6.07 Å². The molecule has 0 bridgehead atoms.